The van der Waals surface area contributed by atoms with Crippen LogP contribution in [-0.2, 0) is 0 Å². The molecular formula is C20H13BrFN3. The molecule has 1 aromatic heterocycles. The average Bonchev–Trinajstić information content (AvgIpc) is 3.07. The van der Waals surface area contributed by atoms with Gasteiger partial charge in [0.25, 0.3) is 0 Å². The Kier molecular flexibility index (Phi) is 4.15. The van der Waals surface area contributed by atoms with Crippen molar-refractivity contribution in [1.29, 1.82) is 0 Å². The fraction of sp³-hybridized carbons (Fsp3) is 0. The fourth-order valence-corrected chi connectivity index (χ4v) is 3.12. The molecule has 122 valence electrons. The summed E-state index contributed by atoms with van der Waals surface area (Å²) in [6.45, 7) is 0. The smallest absolute Gasteiger partial charge is 0.168 e. The van der Waals surface area contributed by atoms with Crippen molar-refractivity contribution in [2.24, 2.45) is 0 Å². The molecule has 0 atom stereocenters. The Morgan fingerprint density at radius 3 is 2.12 bits per heavy atom. The highest BCUT2D eigenvalue weighted by Gasteiger charge is 2.17. The molecule has 0 radical (unpaired) electrons. The van der Waals surface area contributed by atoms with Crippen LogP contribution in [0.5, 0.6) is 0 Å². The number of hydrogen-bond donors (Lipinski definition) is 0. The van der Waals surface area contributed by atoms with Crippen molar-refractivity contribution in [2.75, 3.05) is 0 Å². The average molecular weight is 394 g/mol. The summed E-state index contributed by atoms with van der Waals surface area (Å²) in [5, 5.41) is 8.71. The van der Waals surface area contributed by atoms with Crippen molar-refractivity contribution in [3.05, 3.63) is 89.2 Å². The number of hydrogen-bond acceptors (Lipinski definition) is 2. The van der Waals surface area contributed by atoms with E-state index in [1.165, 1.54) is 12.1 Å². The molecule has 0 unspecified atom stereocenters. The second kappa shape index (κ2) is 6.61. The van der Waals surface area contributed by atoms with E-state index in [0.717, 1.165) is 15.7 Å². The zero-order valence-electron chi connectivity index (χ0n) is 13.1. The van der Waals surface area contributed by atoms with Crippen molar-refractivity contribution in [1.82, 2.24) is 14.8 Å². The van der Waals surface area contributed by atoms with Crippen molar-refractivity contribution >= 4 is 15.9 Å². The second-order valence-electron chi connectivity index (χ2n) is 5.54. The van der Waals surface area contributed by atoms with Crippen LogP contribution in [0.4, 0.5) is 4.39 Å². The summed E-state index contributed by atoms with van der Waals surface area (Å²) in [4.78, 5) is 0. The van der Waals surface area contributed by atoms with E-state index in [-0.39, 0.29) is 5.82 Å². The molecule has 4 aromatic rings. The molecule has 0 aliphatic rings. The summed E-state index contributed by atoms with van der Waals surface area (Å²) in [7, 11) is 0. The van der Waals surface area contributed by atoms with Gasteiger partial charge in [-0.05, 0) is 30.3 Å². The van der Waals surface area contributed by atoms with Crippen LogP contribution < -0.4 is 0 Å². The third kappa shape index (κ3) is 3.10. The van der Waals surface area contributed by atoms with Gasteiger partial charge in [-0.15, -0.1) is 10.2 Å². The second-order valence-corrected chi connectivity index (χ2v) is 6.45. The summed E-state index contributed by atoms with van der Waals surface area (Å²) in [5.41, 5.74) is 2.52. The Bertz CT molecular complexity index is 1030. The maximum atomic E-state index is 13.7. The van der Waals surface area contributed by atoms with Gasteiger partial charge in [0.05, 0.1) is 5.69 Å². The van der Waals surface area contributed by atoms with Gasteiger partial charge in [0, 0.05) is 15.6 Å². The van der Waals surface area contributed by atoms with E-state index in [1.807, 2.05) is 65.2 Å². The Morgan fingerprint density at radius 1 is 0.720 bits per heavy atom. The monoisotopic (exact) mass is 393 g/mol. The van der Waals surface area contributed by atoms with Crippen LogP contribution in [0.2, 0.25) is 0 Å². The molecule has 4 rings (SSSR count). The van der Waals surface area contributed by atoms with Gasteiger partial charge in [-0.1, -0.05) is 64.5 Å². The lowest BCUT2D eigenvalue weighted by molar-refractivity contribution is 0.628. The Hall–Kier alpha value is -2.79. The summed E-state index contributed by atoms with van der Waals surface area (Å²) < 4.78 is 16.6. The molecule has 1 heterocycles. The molecule has 0 aliphatic carbocycles. The van der Waals surface area contributed by atoms with Gasteiger partial charge >= 0.3 is 0 Å². The van der Waals surface area contributed by atoms with Crippen molar-refractivity contribution in [2.45, 2.75) is 0 Å². The lowest BCUT2D eigenvalue weighted by Crippen LogP contribution is -2.00. The maximum Gasteiger partial charge on any atom is 0.168 e. The molecule has 0 spiro atoms. The third-order valence-electron chi connectivity index (χ3n) is 3.84. The number of rotatable bonds is 3. The SMILES string of the molecule is Fc1cccc(-c2nnc(-c3ccccc3)n2-c2cccc(Br)c2)c1. The lowest BCUT2D eigenvalue weighted by atomic mass is 10.1. The Labute approximate surface area is 152 Å². The van der Waals surface area contributed by atoms with Crippen LogP contribution in [-0.4, -0.2) is 14.8 Å². The number of benzene rings is 3. The highest BCUT2D eigenvalue weighted by atomic mass is 79.9. The minimum Gasteiger partial charge on any atom is -0.275 e. The van der Waals surface area contributed by atoms with Gasteiger partial charge in [-0.2, -0.15) is 0 Å². The van der Waals surface area contributed by atoms with E-state index in [1.54, 1.807) is 6.07 Å². The third-order valence-corrected chi connectivity index (χ3v) is 4.34. The predicted octanol–water partition coefficient (Wildman–Crippen LogP) is 5.50. The zero-order chi connectivity index (χ0) is 17.2. The van der Waals surface area contributed by atoms with Crippen LogP contribution in [0.25, 0.3) is 28.5 Å². The van der Waals surface area contributed by atoms with Crippen LogP contribution >= 0.6 is 15.9 Å². The van der Waals surface area contributed by atoms with Crippen LogP contribution in [0, 0.1) is 5.82 Å². The maximum absolute atomic E-state index is 13.7. The van der Waals surface area contributed by atoms with Crippen LogP contribution in [0.1, 0.15) is 0 Å². The molecule has 0 N–H and O–H groups in total. The van der Waals surface area contributed by atoms with Gasteiger partial charge in [-0.25, -0.2) is 4.39 Å². The quantitative estimate of drug-likeness (QED) is 0.459. The fourth-order valence-electron chi connectivity index (χ4n) is 2.73. The zero-order valence-corrected chi connectivity index (χ0v) is 14.7. The molecule has 0 fully saturated rings. The topological polar surface area (TPSA) is 30.7 Å². The molecule has 0 aliphatic heterocycles. The molecule has 3 aromatic carbocycles. The van der Waals surface area contributed by atoms with Gasteiger partial charge in [0.15, 0.2) is 11.6 Å². The Morgan fingerprint density at radius 2 is 1.40 bits per heavy atom. The number of nitrogens with zero attached hydrogens (tertiary/aromatic N) is 3. The molecule has 0 amide bonds. The summed E-state index contributed by atoms with van der Waals surface area (Å²) in [5.74, 6) is 0.997. The molecule has 0 saturated carbocycles. The van der Waals surface area contributed by atoms with Crippen molar-refractivity contribution in [3.8, 4) is 28.5 Å². The first-order chi connectivity index (χ1) is 12.2. The normalized spacial score (nSPS) is 10.8. The van der Waals surface area contributed by atoms with Gasteiger partial charge < -0.3 is 0 Å². The first kappa shape index (κ1) is 15.7. The minimum atomic E-state index is -0.303. The van der Waals surface area contributed by atoms with E-state index in [0.29, 0.717) is 17.2 Å². The Balaban J connectivity index is 1.98. The van der Waals surface area contributed by atoms with Crippen LogP contribution in [0.15, 0.2) is 83.3 Å². The van der Waals surface area contributed by atoms with E-state index >= 15 is 0 Å². The van der Waals surface area contributed by atoms with E-state index in [4.69, 9.17) is 0 Å². The number of aromatic nitrogens is 3. The van der Waals surface area contributed by atoms with E-state index < -0.39 is 0 Å². The highest BCUT2D eigenvalue weighted by molar-refractivity contribution is 9.10. The molecule has 5 heteroatoms. The largest absolute Gasteiger partial charge is 0.275 e. The van der Waals surface area contributed by atoms with Crippen LogP contribution in [0.3, 0.4) is 0 Å². The summed E-state index contributed by atoms with van der Waals surface area (Å²) in [6, 6.07) is 24.1. The van der Waals surface area contributed by atoms with Gasteiger partial charge in [-0.3, -0.25) is 4.57 Å². The number of halogens is 2. The first-order valence-electron chi connectivity index (χ1n) is 7.75. The molecule has 0 bridgehead atoms. The molecule has 3 nitrogen and oxygen atoms in total. The van der Waals surface area contributed by atoms with Gasteiger partial charge in [0.1, 0.15) is 5.82 Å². The predicted molar refractivity (Wildman–Crippen MR) is 99.9 cm³/mol. The van der Waals surface area contributed by atoms with E-state index in [9.17, 15) is 4.39 Å². The van der Waals surface area contributed by atoms with Gasteiger partial charge in [0.2, 0.25) is 0 Å². The summed E-state index contributed by atoms with van der Waals surface area (Å²) in [6.07, 6.45) is 0. The standard InChI is InChI=1S/C20H13BrFN3/c21-16-9-5-11-18(13-16)25-19(14-6-2-1-3-7-14)23-24-20(25)15-8-4-10-17(22)12-15/h1-13H. The summed E-state index contributed by atoms with van der Waals surface area (Å²) >= 11 is 3.51. The lowest BCUT2D eigenvalue weighted by Gasteiger charge is -2.11. The van der Waals surface area contributed by atoms with Crippen molar-refractivity contribution < 1.29 is 4.39 Å². The van der Waals surface area contributed by atoms with E-state index in [2.05, 4.69) is 26.1 Å². The first-order valence-corrected chi connectivity index (χ1v) is 8.54. The minimum absolute atomic E-state index is 0.303. The molecule has 25 heavy (non-hydrogen) atoms. The molecular weight excluding hydrogens is 381 g/mol. The molecule has 0 saturated heterocycles. The highest BCUT2D eigenvalue weighted by Crippen LogP contribution is 2.29. The van der Waals surface area contributed by atoms with Crippen molar-refractivity contribution in [3.63, 3.8) is 0 Å².